The lowest BCUT2D eigenvalue weighted by molar-refractivity contribution is -0.151. The van der Waals surface area contributed by atoms with Gasteiger partial charge in [-0.1, -0.05) is 0 Å². The van der Waals surface area contributed by atoms with Crippen molar-refractivity contribution >= 4 is 35.5 Å². The topological polar surface area (TPSA) is 125 Å². The van der Waals surface area contributed by atoms with Gasteiger partial charge in [-0.05, 0) is 32.0 Å². The maximum absolute atomic E-state index is 11.7. The molecule has 0 heterocycles. The Balaban J connectivity index is 2.55. The van der Waals surface area contributed by atoms with Crippen LogP contribution in [0.15, 0.2) is 18.2 Å². The van der Waals surface area contributed by atoms with Gasteiger partial charge >= 0.3 is 12.0 Å². The quantitative estimate of drug-likeness (QED) is 0.523. The van der Waals surface area contributed by atoms with Crippen LogP contribution in [0.2, 0.25) is 0 Å². The van der Waals surface area contributed by atoms with Gasteiger partial charge in [0.25, 0.3) is 5.91 Å². The Kier molecular flexibility index (Phi) is 7.93. The molecular formula is C16H20N2O6S. The summed E-state index contributed by atoms with van der Waals surface area (Å²) >= 11 is 1.24. The Hall–Kier alpha value is -2.55. The van der Waals surface area contributed by atoms with Crippen molar-refractivity contribution in [1.82, 2.24) is 5.32 Å². The van der Waals surface area contributed by atoms with Crippen molar-refractivity contribution in [2.45, 2.75) is 25.7 Å². The Labute approximate surface area is 149 Å². The van der Waals surface area contributed by atoms with Crippen molar-refractivity contribution in [3.8, 4) is 5.75 Å². The van der Waals surface area contributed by atoms with Gasteiger partial charge in [0.1, 0.15) is 5.75 Å². The summed E-state index contributed by atoms with van der Waals surface area (Å²) in [7, 11) is 1.52. The number of primary amides is 1. The number of benzene rings is 1. The van der Waals surface area contributed by atoms with Crippen LogP contribution in [0.3, 0.4) is 0 Å². The fourth-order valence-electron chi connectivity index (χ4n) is 1.86. The third kappa shape index (κ3) is 6.84. The molecule has 1 atom stereocenters. The molecule has 1 aromatic carbocycles. The lowest BCUT2D eigenvalue weighted by Gasteiger charge is -2.12. The number of ether oxygens (including phenoxy) is 2. The molecule has 0 saturated heterocycles. The van der Waals surface area contributed by atoms with E-state index in [1.165, 1.54) is 32.7 Å². The minimum Gasteiger partial charge on any atom is -0.496 e. The van der Waals surface area contributed by atoms with Crippen LogP contribution in [-0.2, 0) is 20.1 Å². The zero-order valence-corrected chi connectivity index (χ0v) is 15.0. The molecule has 0 bridgehead atoms. The van der Waals surface area contributed by atoms with Crippen LogP contribution in [0.4, 0.5) is 4.79 Å². The van der Waals surface area contributed by atoms with Crippen LogP contribution in [0.25, 0.3) is 0 Å². The van der Waals surface area contributed by atoms with E-state index in [1.54, 1.807) is 18.2 Å². The summed E-state index contributed by atoms with van der Waals surface area (Å²) in [6.07, 6.45) is -1.13. The standard InChI is InChI=1S/C16H20N2O6S/c1-9(19)11-4-5-13(23-3)12(6-11)7-25-8-14(20)24-10(2)15(21)18-16(17)22/h4-6,10H,7-8H2,1-3H3,(H3,17,18,21,22)/t10-/m0/s1. The van der Waals surface area contributed by atoms with Crippen molar-refractivity contribution in [2.24, 2.45) is 5.73 Å². The van der Waals surface area contributed by atoms with Crippen molar-refractivity contribution in [3.05, 3.63) is 29.3 Å². The van der Waals surface area contributed by atoms with Gasteiger partial charge in [-0.15, -0.1) is 11.8 Å². The molecule has 0 aromatic heterocycles. The van der Waals surface area contributed by atoms with Gasteiger partial charge in [-0.25, -0.2) is 4.79 Å². The average Bonchev–Trinajstić information content (AvgIpc) is 2.53. The van der Waals surface area contributed by atoms with E-state index in [-0.39, 0.29) is 11.5 Å². The molecule has 25 heavy (non-hydrogen) atoms. The number of Topliss-reactive ketones (excluding diaryl/α,β-unsaturated/α-hetero) is 1. The van der Waals surface area contributed by atoms with Gasteiger partial charge in [0, 0.05) is 16.9 Å². The molecule has 1 aromatic rings. The number of methoxy groups -OCH3 is 1. The van der Waals surface area contributed by atoms with Gasteiger partial charge in [0.05, 0.1) is 12.9 Å². The summed E-state index contributed by atoms with van der Waals surface area (Å²) in [5, 5.41) is 1.83. The van der Waals surface area contributed by atoms with E-state index < -0.39 is 24.0 Å². The van der Waals surface area contributed by atoms with E-state index in [0.29, 0.717) is 17.1 Å². The normalized spacial score (nSPS) is 11.3. The minimum absolute atomic E-state index is 0.0123. The number of imide groups is 1. The summed E-state index contributed by atoms with van der Waals surface area (Å²) in [5.74, 6) is -0.453. The lowest BCUT2D eigenvalue weighted by Crippen LogP contribution is -2.42. The monoisotopic (exact) mass is 368 g/mol. The smallest absolute Gasteiger partial charge is 0.318 e. The summed E-state index contributed by atoms with van der Waals surface area (Å²) in [4.78, 5) is 45.2. The molecule has 0 aliphatic carbocycles. The number of carbonyl (C=O) groups is 4. The van der Waals surface area contributed by atoms with Crippen LogP contribution in [0.5, 0.6) is 5.75 Å². The molecule has 1 rings (SSSR count). The number of urea groups is 1. The Morgan fingerprint density at radius 1 is 1.28 bits per heavy atom. The highest BCUT2D eigenvalue weighted by Crippen LogP contribution is 2.25. The molecule has 0 radical (unpaired) electrons. The van der Waals surface area contributed by atoms with Crippen LogP contribution in [0.1, 0.15) is 29.8 Å². The Bertz CT molecular complexity index is 677. The number of thioether (sulfide) groups is 1. The number of rotatable bonds is 8. The number of carbonyl (C=O) groups excluding carboxylic acids is 4. The summed E-state index contributed by atoms with van der Waals surface area (Å²) in [6.45, 7) is 2.80. The molecule has 0 saturated carbocycles. The summed E-state index contributed by atoms with van der Waals surface area (Å²) < 4.78 is 10.1. The van der Waals surface area contributed by atoms with E-state index >= 15 is 0 Å². The first kappa shape index (κ1) is 20.5. The molecule has 0 aliphatic heterocycles. The molecule has 9 heteroatoms. The molecule has 8 nitrogen and oxygen atoms in total. The van der Waals surface area contributed by atoms with Crippen molar-refractivity contribution in [3.63, 3.8) is 0 Å². The summed E-state index contributed by atoms with van der Waals surface area (Å²) in [6, 6.07) is 4.06. The first-order chi connectivity index (χ1) is 11.7. The third-order valence-corrected chi connectivity index (χ3v) is 4.04. The molecular weight excluding hydrogens is 348 g/mol. The molecule has 3 amide bonds. The highest BCUT2D eigenvalue weighted by atomic mass is 32.2. The molecule has 136 valence electrons. The SMILES string of the molecule is COc1ccc(C(C)=O)cc1CSCC(=O)O[C@@H](C)C(=O)NC(N)=O. The van der Waals surface area contributed by atoms with E-state index in [2.05, 4.69) is 0 Å². The maximum atomic E-state index is 11.7. The fourth-order valence-corrected chi connectivity index (χ4v) is 2.64. The van der Waals surface area contributed by atoms with Crippen molar-refractivity contribution < 1.29 is 28.7 Å². The summed E-state index contributed by atoms with van der Waals surface area (Å²) in [5.41, 5.74) is 6.14. The zero-order valence-electron chi connectivity index (χ0n) is 14.2. The van der Waals surface area contributed by atoms with Crippen LogP contribution >= 0.6 is 11.8 Å². The van der Waals surface area contributed by atoms with Gasteiger partial charge in [0.15, 0.2) is 11.9 Å². The van der Waals surface area contributed by atoms with Crippen LogP contribution in [0, 0.1) is 0 Å². The number of hydrogen-bond acceptors (Lipinski definition) is 7. The molecule has 3 N–H and O–H groups in total. The molecule has 0 aliphatic rings. The van der Waals surface area contributed by atoms with E-state index in [1.807, 2.05) is 5.32 Å². The third-order valence-electron chi connectivity index (χ3n) is 3.09. The predicted octanol–water partition coefficient (Wildman–Crippen LogP) is 1.26. The Morgan fingerprint density at radius 2 is 1.96 bits per heavy atom. The average molecular weight is 368 g/mol. The second-order valence-corrected chi connectivity index (χ2v) is 6.05. The number of nitrogens with one attached hydrogen (secondary N) is 1. The second kappa shape index (κ2) is 9.67. The first-order valence-corrected chi connectivity index (χ1v) is 8.45. The van der Waals surface area contributed by atoms with Crippen LogP contribution in [-0.4, -0.2) is 42.7 Å². The highest BCUT2D eigenvalue weighted by molar-refractivity contribution is 7.99. The number of esters is 1. The predicted molar refractivity (Wildman–Crippen MR) is 92.4 cm³/mol. The number of ketones is 1. The maximum Gasteiger partial charge on any atom is 0.318 e. The van der Waals surface area contributed by atoms with E-state index in [0.717, 1.165) is 5.56 Å². The van der Waals surface area contributed by atoms with Gasteiger partial charge < -0.3 is 15.2 Å². The van der Waals surface area contributed by atoms with Gasteiger partial charge in [0.2, 0.25) is 0 Å². The number of amides is 3. The van der Waals surface area contributed by atoms with E-state index in [9.17, 15) is 19.2 Å². The first-order valence-electron chi connectivity index (χ1n) is 7.30. The van der Waals surface area contributed by atoms with Crippen LogP contribution < -0.4 is 15.8 Å². The number of hydrogen-bond donors (Lipinski definition) is 2. The molecule has 0 unspecified atom stereocenters. The van der Waals surface area contributed by atoms with Crippen molar-refractivity contribution in [1.29, 1.82) is 0 Å². The lowest BCUT2D eigenvalue weighted by atomic mass is 10.1. The fraction of sp³-hybridized carbons (Fsp3) is 0.375. The van der Waals surface area contributed by atoms with Crippen molar-refractivity contribution in [2.75, 3.05) is 12.9 Å². The number of nitrogens with two attached hydrogens (primary N) is 1. The minimum atomic E-state index is -1.13. The largest absolute Gasteiger partial charge is 0.496 e. The molecule has 0 spiro atoms. The van der Waals surface area contributed by atoms with Gasteiger partial charge in [-0.2, -0.15) is 0 Å². The second-order valence-electron chi connectivity index (χ2n) is 5.06. The zero-order chi connectivity index (χ0) is 19.0. The highest BCUT2D eigenvalue weighted by Gasteiger charge is 2.19. The Morgan fingerprint density at radius 3 is 2.52 bits per heavy atom. The van der Waals surface area contributed by atoms with Gasteiger partial charge in [-0.3, -0.25) is 19.7 Å². The van der Waals surface area contributed by atoms with E-state index in [4.69, 9.17) is 15.2 Å². The molecule has 0 fully saturated rings.